The molecule has 0 spiro atoms. The van der Waals surface area contributed by atoms with Crippen LogP contribution in [0.1, 0.15) is 38.7 Å². The van der Waals surface area contributed by atoms with Gasteiger partial charge < -0.3 is 9.64 Å². The van der Waals surface area contributed by atoms with E-state index in [0.29, 0.717) is 13.1 Å². The molecule has 5 heteroatoms. The van der Waals surface area contributed by atoms with Crippen LogP contribution in [-0.4, -0.2) is 37.0 Å². The van der Waals surface area contributed by atoms with Crippen molar-refractivity contribution in [3.05, 3.63) is 35.6 Å². The van der Waals surface area contributed by atoms with Crippen molar-refractivity contribution in [1.29, 1.82) is 0 Å². The molecule has 23 heavy (non-hydrogen) atoms. The largest absolute Gasteiger partial charge is 0.469 e. The van der Waals surface area contributed by atoms with E-state index in [9.17, 15) is 14.0 Å². The van der Waals surface area contributed by atoms with Gasteiger partial charge in [-0.05, 0) is 24.1 Å². The summed E-state index contributed by atoms with van der Waals surface area (Å²) in [6.07, 6.45) is 3.21. The number of unbranched alkanes of at least 4 members (excludes halogenated alkanes) is 2. The first-order chi connectivity index (χ1) is 11.0. The van der Waals surface area contributed by atoms with E-state index in [-0.39, 0.29) is 30.0 Å². The lowest BCUT2D eigenvalue weighted by molar-refractivity contribution is -0.146. The Labute approximate surface area is 137 Å². The number of methoxy groups -OCH3 is 1. The van der Waals surface area contributed by atoms with Crippen LogP contribution in [0.25, 0.3) is 0 Å². The zero-order chi connectivity index (χ0) is 17.2. The molecule has 1 unspecified atom stereocenters. The number of rotatable bonds is 9. The maximum atomic E-state index is 12.9. The molecule has 0 saturated carbocycles. The Bertz CT molecular complexity index is 501. The number of amides is 1. The summed E-state index contributed by atoms with van der Waals surface area (Å²) in [6.45, 7) is 4.82. The van der Waals surface area contributed by atoms with Crippen molar-refractivity contribution in [2.45, 2.75) is 39.5 Å². The van der Waals surface area contributed by atoms with E-state index in [1.165, 1.54) is 19.2 Å². The summed E-state index contributed by atoms with van der Waals surface area (Å²) in [6, 6.07) is 5.92. The van der Waals surface area contributed by atoms with Crippen molar-refractivity contribution >= 4 is 11.9 Å². The van der Waals surface area contributed by atoms with E-state index in [2.05, 4.69) is 6.92 Å². The molecule has 0 fully saturated rings. The third-order valence-corrected chi connectivity index (χ3v) is 3.75. The minimum atomic E-state index is -0.362. The van der Waals surface area contributed by atoms with Crippen LogP contribution >= 0.6 is 0 Å². The van der Waals surface area contributed by atoms with E-state index >= 15 is 0 Å². The molecule has 0 saturated heterocycles. The minimum Gasteiger partial charge on any atom is -0.469 e. The molecule has 128 valence electrons. The lowest BCUT2D eigenvalue weighted by atomic mass is 10.1. The first kappa shape index (κ1) is 19.1. The normalized spacial score (nSPS) is 11.8. The lowest BCUT2D eigenvalue weighted by Crippen LogP contribution is -2.38. The summed E-state index contributed by atoms with van der Waals surface area (Å²) in [4.78, 5) is 25.8. The molecular formula is C18H26FNO3. The van der Waals surface area contributed by atoms with Gasteiger partial charge in [0.25, 0.3) is 0 Å². The number of benzene rings is 1. The Balaban J connectivity index is 2.70. The fourth-order valence-corrected chi connectivity index (χ4v) is 2.37. The maximum absolute atomic E-state index is 12.9. The smallest absolute Gasteiger partial charge is 0.310 e. The average Bonchev–Trinajstić information content (AvgIpc) is 2.55. The fourth-order valence-electron chi connectivity index (χ4n) is 2.37. The maximum Gasteiger partial charge on any atom is 0.310 e. The summed E-state index contributed by atoms with van der Waals surface area (Å²) in [5.74, 6) is -1.05. The number of esters is 1. The average molecular weight is 323 g/mol. The third kappa shape index (κ3) is 6.80. The van der Waals surface area contributed by atoms with E-state index in [4.69, 9.17) is 4.74 Å². The first-order valence-corrected chi connectivity index (χ1v) is 8.08. The van der Waals surface area contributed by atoms with Gasteiger partial charge in [-0.2, -0.15) is 0 Å². The van der Waals surface area contributed by atoms with Gasteiger partial charge in [0.2, 0.25) is 5.91 Å². The third-order valence-electron chi connectivity index (χ3n) is 3.75. The Morgan fingerprint density at radius 2 is 1.87 bits per heavy atom. The van der Waals surface area contributed by atoms with E-state index in [1.54, 1.807) is 24.0 Å². The molecule has 1 rings (SSSR count). The van der Waals surface area contributed by atoms with Gasteiger partial charge in [0.15, 0.2) is 0 Å². The van der Waals surface area contributed by atoms with Gasteiger partial charge in [-0.3, -0.25) is 9.59 Å². The molecule has 1 amide bonds. The highest BCUT2D eigenvalue weighted by molar-refractivity contribution is 5.80. The number of carbonyl (C=O) groups excluding carboxylic acids is 2. The molecule has 0 radical (unpaired) electrons. The molecule has 0 aromatic heterocycles. The molecule has 0 aliphatic carbocycles. The van der Waals surface area contributed by atoms with Gasteiger partial charge in [-0.15, -0.1) is 0 Å². The SMILES string of the molecule is CCCCCN(CC(C)C(=O)OC)C(=O)Cc1ccc(F)cc1. The lowest BCUT2D eigenvalue weighted by Gasteiger charge is -2.25. The molecule has 1 aromatic rings. The van der Waals surface area contributed by atoms with Crippen LogP contribution in [0.2, 0.25) is 0 Å². The second-order valence-electron chi connectivity index (χ2n) is 5.77. The zero-order valence-corrected chi connectivity index (χ0v) is 14.2. The van der Waals surface area contributed by atoms with Crippen molar-refractivity contribution in [2.24, 2.45) is 5.92 Å². The molecule has 1 atom stereocenters. The van der Waals surface area contributed by atoms with Gasteiger partial charge in [-0.1, -0.05) is 38.8 Å². The van der Waals surface area contributed by atoms with Gasteiger partial charge in [0.1, 0.15) is 5.82 Å². The second-order valence-corrected chi connectivity index (χ2v) is 5.77. The zero-order valence-electron chi connectivity index (χ0n) is 14.2. The molecule has 0 N–H and O–H groups in total. The Kier molecular flexibility index (Phi) is 8.30. The fraction of sp³-hybridized carbons (Fsp3) is 0.556. The quantitative estimate of drug-likeness (QED) is 0.518. The van der Waals surface area contributed by atoms with Gasteiger partial charge in [0.05, 0.1) is 19.4 Å². The van der Waals surface area contributed by atoms with Crippen LogP contribution in [0.5, 0.6) is 0 Å². The van der Waals surface area contributed by atoms with Crippen LogP contribution in [0, 0.1) is 11.7 Å². The Morgan fingerprint density at radius 3 is 2.43 bits per heavy atom. The van der Waals surface area contributed by atoms with E-state index < -0.39 is 0 Å². The van der Waals surface area contributed by atoms with E-state index in [0.717, 1.165) is 24.8 Å². The number of carbonyl (C=O) groups is 2. The van der Waals surface area contributed by atoms with E-state index in [1.807, 2.05) is 0 Å². The summed E-state index contributed by atoms with van der Waals surface area (Å²) in [5.41, 5.74) is 0.766. The van der Waals surface area contributed by atoms with Crippen molar-refractivity contribution in [3.8, 4) is 0 Å². The predicted molar refractivity (Wildman–Crippen MR) is 87.4 cm³/mol. The predicted octanol–water partition coefficient (Wildman–Crippen LogP) is 3.20. The molecular weight excluding hydrogens is 297 g/mol. The number of hydrogen-bond donors (Lipinski definition) is 0. The molecule has 4 nitrogen and oxygen atoms in total. The molecule has 1 aromatic carbocycles. The van der Waals surface area contributed by atoms with Crippen molar-refractivity contribution in [1.82, 2.24) is 4.90 Å². The van der Waals surface area contributed by atoms with Gasteiger partial charge >= 0.3 is 5.97 Å². The molecule has 0 heterocycles. The topological polar surface area (TPSA) is 46.6 Å². The summed E-state index contributed by atoms with van der Waals surface area (Å²) >= 11 is 0. The van der Waals surface area contributed by atoms with Gasteiger partial charge in [-0.25, -0.2) is 4.39 Å². The summed E-state index contributed by atoms with van der Waals surface area (Å²) in [5, 5.41) is 0. The van der Waals surface area contributed by atoms with Crippen LogP contribution in [0.15, 0.2) is 24.3 Å². The van der Waals surface area contributed by atoms with Crippen molar-refractivity contribution in [2.75, 3.05) is 20.2 Å². The Hall–Kier alpha value is -1.91. The van der Waals surface area contributed by atoms with Crippen LogP contribution < -0.4 is 0 Å². The van der Waals surface area contributed by atoms with Crippen LogP contribution in [0.3, 0.4) is 0 Å². The summed E-state index contributed by atoms with van der Waals surface area (Å²) < 4.78 is 17.7. The molecule has 0 aliphatic rings. The van der Waals surface area contributed by atoms with Crippen LogP contribution in [-0.2, 0) is 20.7 Å². The Morgan fingerprint density at radius 1 is 1.22 bits per heavy atom. The monoisotopic (exact) mass is 323 g/mol. The van der Waals surface area contributed by atoms with Crippen molar-refractivity contribution in [3.63, 3.8) is 0 Å². The number of ether oxygens (including phenoxy) is 1. The number of nitrogens with zero attached hydrogens (tertiary/aromatic N) is 1. The van der Waals surface area contributed by atoms with Gasteiger partial charge in [0, 0.05) is 13.1 Å². The number of halogens is 1. The minimum absolute atomic E-state index is 0.0523. The highest BCUT2D eigenvalue weighted by Crippen LogP contribution is 2.10. The highest BCUT2D eigenvalue weighted by atomic mass is 19.1. The molecule has 0 aliphatic heterocycles. The standard InChI is InChI=1S/C18H26FNO3/c1-4-5-6-11-20(13-14(2)18(22)23-3)17(21)12-15-7-9-16(19)10-8-15/h7-10,14H,4-6,11-13H2,1-3H3. The molecule has 0 bridgehead atoms. The summed E-state index contributed by atoms with van der Waals surface area (Å²) in [7, 11) is 1.35. The number of hydrogen-bond acceptors (Lipinski definition) is 3. The first-order valence-electron chi connectivity index (χ1n) is 8.08. The second kappa shape index (κ2) is 9.98. The highest BCUT2D eigenvalue weighted by Gasteiger charge is 2.21. The van der Waals surface area contributed by atoms with Crippen LogP contribution in [0.4, 0.5) is 4.39 Å². The van der Waals surface area contributed by atoms with Crippen molar-refractivity contribution < 1.29 is 18.7 Å².